The third-order valence-electron chi connectivity index (χ3n) is 3.00. The van der Waals surface area contributed by atoms with Gasteiger partial charge in [-0.05, 0) is 44.2 Å². The van der Waals surface area contributed by atoms with Gasteiger partial charge in [0.15, 0.2) is 11.9 Å². The highest BCUT2D eigenvalue weighted by molar-refractivity contribution is 6.35. The van der Waals surface area contributed by atoms with Gasteiger partial charge in [-0.15, -0.1) is 0 Å². The number of carbonyl (C=O) groups is 2. The Balaban J connectivity index is 2.00. The lowest BCUT2D eigenvalue weighted by atomic mass is 10.1. The van der Waals surface area contributed by atoms with Gasteiger partial charge in [-0.3, -0.25) is 9.59 Å². The monoisotopic (exact) mass is 367 g/mol. The second-order valence-corrected chi connectivity index (χ2v) is 5.96. The summed E-state index contributed by atoms with van der Waals surface area (Å²) >= 11 is 11.8. The molecule has 0 amide bonds. The number of carbonyl (C=O) groups excluding carboxylic acids is 2. The van der Waals surface area contributed by atoms with Crippen molar-refractivity contribution in [1.82, 2.24) is 4.98 Å². The number of Topliss-reactive ketones (excluding diaryl/α,β-unsaturated/α-hetero) is 2. The van der Waals surface area contributed by atoms with Crippen molar-refractivity contribution in [2.75, 3.05) is 0 Å². The molecule has 2 aromatic rings. The fourth-order valence-corrected chi connectivity index (χ4v) is 2.25. The summed E-state index contributed by atoms with van der Waals surface area (Å²) in [5, 5.41) is 0.714. The number of aromatic nitrogens is 1. The lowest BCUT2D eigenvalue weighted by molar-refractivity contribution is -0.130. The predicted octanol–water partition coefficient (Wildman–Crippen LogP) is 4.50. The van der Waals surface area contributed by atoms with Crippen LogP contribution in [0.25, 0.3) is 0 Å². The van der Waals surface area contributed by atoms with Gasteiger partial charge in [0.25, 0.3) is 0 Å². The van der Waals surface area contributed by atoms with Crippen molar-refractivity contribution >= 4 is 34.8 Å². The molecule has 1 aromatic heterocycles. The normalized spacial score (nSPS) is 11.7. The van der Waals surface area contributed by atoms with Gasteiger partial charge in [0.2, 0.25) is 5.88 Å². The fourth-order valence-electron chi connectivity index (χ4n) is 1.83. The first-order valence-electron chi connectivity index (χ1n) is 7.13. The third-order valence-corrected chi connectivity index (χ3v) is 3.48. The Morgan fingerprint density at radius 3 is 2.38 bits per heavy atom. The molecule has 0 bridgehead atoms. The van der Waals surface area contributed by atoms with Crippen LogP contribution in [0.2, 0.25) is 10.0 Å². The third kappa shape index (κ3) is 5.22. The average Bonchev–Trinajstić information content (AvgIpc) is 2.51. The van der Waals surface area contributed by atoms with Crippen LogP contribution in [-0.4, -0.2) is 22.7 Å². The van der Waals surface area contributed by atoms with Crippen LogP contribution < -0.4 is 9.47 Å². The fraction of sp³-hybridized carbons (Fsp3) is 0.235. The Labute approximate surface area is 149 Å². The van der Waals surface area contributed by atoms with E-state index < -0.39 is 6.10 Å². The molecule has 1 heterocycles. The summed E-state index contributed by atoms with van der Waals surface area (Å²) in [5.41, 5.74) is 0. The van der Waals surface area contributed by atoms with Crippen LogP contribution in [0, 0.1) is 0 Å². The number of ketones is 2. The predicted molar refractivity (Wildman–Crippen MR) is 91.2 cm³/mol. The Hall–Kier alpha value is -2.11. The highest BCUT2D eigenvalue weighted by atomic mass is 35.5. The number of hydrogen-bond acceptors (Lipinski definition) is 5. The van der Waals surface area contributed by atoms with E-state index in [9.17, 15) is 9.59 Å². The average molecular weight is 368 g/mol. The molecule has 0 aliphatic rings. The Bertz CT molecular complexity index is 747. The van der Waals surface area contributed by atoms with E-state index in [1.54, 1.807) is 31.2 Å². The van der Waals surface area contributed by atoms with Crippen LogP contribution in [0.1, 0.15) is 20.3 Å². The molecular weight excluding hydrogens is 353 g/mol. The van der Waals surface area contributed by atoms with E-state index >= 15 is 0 Å². The van der Waals surface area contributed by atoms with Crippen LogP contribution in [0.3, 0.4) is 0 Å². The SMILES string of the molecule is CC(=O)CC(=O)C(C)Oc1ccc(Oc2ncc(Cl)cc2Cl)cc1. The van der Waals surface area contributed by atoms with E-state index in [-0.39, 0.29) is 23.9 Å². The number of hydrogen-bond donors (Lipinski definition) is 0. The lowest BCUT2D eigenvalue weighted by Crippen LogP contribution is -2.25. The minimum Gasteiger partial charge on any atom is -0.483 e. The molecule has 24 heavy (non-hydrogen) atoms. The standard InChI is InChI=1S/C17H15Cl2NO4/c1-10(21)7-16(22)11(2)23-13-3-5-14(6-4-13)24-17-15(19)8-12(18)9-20-17/h3-6,8-9,11H,7H2,1-2H3. The quantitative estimate of drug-likeness (QED) is 0.674. The highest BCUT2D eigenvalue weighted by Crippen LogP contribution is 2.30. The van der Waals surface area contributed by atoms with Crippen molar-refractivity contribution in [3.8, 4) is 17.4 Å². The molecule has 2 rings (SSSR count). The summed E-state index contributed by atoms with van der Waals surface area (Å²) in [6.45, 7) is 2.97. The molecule has 5 nitrogen and oxygen atoms in total. The van der Waals surface area contributed by atoms with Gasteiger partial charge in [-0.1, -0.05) is 23.2 Å². The molecule has 126 valence electrons. The Morgan fingerprint density at radius 1 is 1.17 bits per heavy atom. The zero-order valence-electron chi connectivity index (χ0n) is 13.1. The van der Waals surface area contributed by atoms with Crippen LogP contribution in [0.4, 0.5) is 0 Å². The van der Waals surface area contributed by atoms with E-state index in [4.69, 9.17) is 32.7 Å². The maximum atomic E-state index is 11.7. The zero-order chi connectivity index (χ0) is 17.7. The highest BCUT2D eigenvalue weighted by Gasteiger charge is 2.16. The van der Waals surface area contributed by atoms with Gasteiger partial charge in [-0.2, -0.15) is 0 Å². The van der Waals surface area contributed by atoms with E-state index in [2.05, 4.69) is 4.98 Å². The summed E-state index contributed by atoms with van der Waals surface area (Å²) in [7, 11) is 0. The molecule has 0 radical (unpaired) electrons. The number of pyridine rings is 1. The van der Waals surface area contributed by atoms with Crippen LogP contribution in [0.5, 0.6) is 17.4 Å². The van der Waals surface area contributed by atoms with Gasteiger partial charge < -0.3 is 9.47 Å². The van der Waals surface area contributed by atoms with Gasteiger partial charge >= 0.3 is 0 Å². The second-order valence-electron chi connectivity index (χ2n) is 5.12. The molecule has 1 atom stereocenters. The molecule has 1 aromatic carbocycles. The largest absolute Gasteiger partial charge is 0.483 e. The molecule has 0 saturated carbocycles. The lowest BCUT2D eigenvalue weighted by Gasteiger charge is -2.13. The summed E-state index contributed by atoms with van der Waals surface area (Å²) in [5.74, 6) is 0.773. The van der Waals surface area contributed by atoms with Gasteiger partial charge in [0, 0.05) is 6.20 Å². The van der Waals surface area contributed by atoms with E-state index in [0.717, 1.165) is 0 Å². The molecule has 7 heteroatoms. The number of benzene rings is 1. The molecule has 1 unspecified atom stereocenters. The molecule has 0 spiro atoms. The number of nitrogens with zero attached hydrogens (tertiary/aromatic N) is 1. The van der Waals surface area contributed by atoms with Crippen molar-refractivity contribution in [3.05, 3.63) is 46.6 Å². The number of halogens is 2. The maximum Gasteiger partial charge on any atom is 0.238 e. The molecule has 0 aliphatic heterocycles. The van der Waals surface area contributed by atoms with Crippen molar-refractivity contribution < 1.29 is 19.1 Å². The van der Waals surface area contributed by atoms with Crippen LogP contribution in [-0.2, 0) is 9.59 Å². The van der Waals surface area contributed by atoms with E-state index in [0.29, 0.717) is 21.5 Å². The molecule has 0 N–H and O–H groups in total. The Morgan fingerprint density at radius 2 is 1.79 bits per heavy atom. The van der Waals surface area contributed by atoms with Gasteiger partial charge in [0.1, 0.15) is 22.3 Å². The Kier molecular flexibility index (Phi) is 6.17. The molecule has 0 aliphatic carbocycles. The number of ether oxygens (including phenoxy) is 2. The first kappa shape index (κ1) is 18.2. The molecule has 0 saturated heterocycles. The van der Waals surface area contributed by atoms with Crippen molar-refractivity contribution in [2.45, 2.75) is 26.4 Å². The van der Waals surface area contributed by atoms with Gasteiger partial charge in [0.05, 0.1) is 11.4 Å². The number of rotatable bonds is 7. The summed E-state index contributed by atoms with van der Waals surface area (Å²) in [6, 6.07) is 8.15. The second kappa shape index (κ2) is 8.13. The van der Waals surface area contributed by atoms with Crippen molar-refractivity contribution in [3.63, 3.8) is 0 Å². The molecule has 0 fully saturated rings. The molecular formula is C17H15Cl2NO4. The first-order chi connectivity index (χ1) is 11.3. The summed E-state index contributed by atoms with van der Waals surface area (Å²) < 4.78 is 11.1. The van der Waals surface area contributed by atoms with E-state index in [1.807, 2.05) is 0 Å². The summed E-state index contributed by atoms with van der Waals surface area (Å²) in [4.78, 5) is 26.7. The topological polar surface area (TPSA) is 65.5 Å². The van der Waals surface area contributed by atoms with Crippen LogP contribution in [0.15, 0.2) is 36.5 Å². The minimum atomic E-state index is -0.701. The maximum absolute atomic E-state index is 11.7. The first-order valence-corrected chi connectivity index (χ1v) is 7.88. The van der Waals surface area contributed by atoms with Crippen LogP contribution >= 0.6 is 23.2 Å². The van der Waals surface area contributed by atoms with E-state index in [1.165, 1.54) is 19.2 Å². The smallest absolute Gasteiger partial charge is 0.238 e. The van der Waals surface area contributed by atoms with Crippen molar-refractivity contribution in [2.24, 2.45) is 0 Å². The van der Waals surface area contributed by atoms with Crippen molar-refractivity contribution in [1.29, 1.82) is 0 Å². The zero-order valence-corrected chi connectivity index (χ0v) is 14.6. The minimum absolute atomic E-state index is 0.136. The van der Waals surface area contributed by atoms with Gasteiger partial charge in [-0.25, -0.2) is 4.98 Å². The summed E-state index contributed by atoms with van der Waals surface area (Å²) in [6.07, 6.45) is 0.596.